The number of hydrogen-bond acceptors (Lipinski definition) is 4. The molecule has 2 atom stereocenters. The van der Waals surface area contributed by atoms with E-state index in [-0.39, 0.29) is 11.9 Å². The summed E-state index contributed by atoms with van der Waals surface area (Å²) in [4.78, 5) is 22.1. The molecule has 0 spiro atoms. The highest BCUT2D eigenvalue weighted by Gasteiger charge is 2.37. The van der Waals surface area contributed by atoms with Gasteiger partial charge in [-0.3, -0.25) is 9.59 Å². The van der Waals surface area contributed by atoms with Gasteiger partial charge in [0.15, 0.2) is 0 Å². The Hall–Kier alpha value is -1.16. The summed E-state index contributed by atoms with van der Waals surface area (Å²) in [6, 6.07) is 0. The summed E-state index contributed by atoms with van der Waals surface area (Å²) in [5.41, 5.74) is 0. The molecule has 1 aliphatic rings. The van der Waals surface area contributed by atoms with E-state index < -0.39 is 11.9 Å². The molecule has 0 unspecified atom stereocenters. The van der Waals surface area contributed by atoms with Crippen LogP contribution in [0.4, 0.5) is 0 Å². The van der Waals surface area contributed by atoms with Crippen molar-refractivity contribution < 1.29 is 19.1 Å². The normalized spacial score (nSPS) is 25.9. The molecule has 78 valence electrons. The van der Waals surface area contributed by atoms with Crippen molar-refractivity contribution in [3.63, 3.8) is 0 Å². The highest BCUT2D eigenvalue weighted by Crippen LogP contribution is 2.22. The number of ether oxygens (including phenoxy) is 2. The van der Waals surface area contributed by atoms with Gasteiger partial charge in [-0.2, -0.15) is 0 Å². The molecule has 0 aromatic heterocycles. The molecule has 0 bridgehead atoms. The maximum Gasteiger partial charge on any atom is 0.316 e. The number of esters is 1. The fourth-order valence-corrected chi connectivity index (χ4v) is 1.37. The third-order valence-corrected chi connectivity index (χ3v) is 2.10. The predicted molar refractivity (Wildman–Crippen MR) is 49.7 cm³/mol. The molecule has 1 heterocycles. The van der Waals surface area contributed by atoms with Gasteiger partial charge in [-0.15, -0.1) is 6.58 Å². The van der Waals surface area contributed by atoms with E-state index in [4.69, 9.17) is 9.47 Å². The number of rotatable bonds is 5. The molecular weight excluding hydrogens is 184 g/mol. The molecule has 4 heteroatoms. The quantitative estimate of drug-likeness (QED) is 0.282. The first-order chi connectivity index (χ1) is 6.65. The van der Waals surface area contributed by atoms with E-state index in [0.29, 0.717) is 19.6 Å². The fourth-order valence-electron chi connectivity index (χ4n) is 1.37. The third kappa shape index (κ3) is 2.67. The van der Waals surface area contributed by atoms with Crippen molar-refractivity contribution >= 4 is 11.8 Å². The number of carbonyl (C=O) groups excluding carboxylic acids is 2. The third-order valence-electron chi connectivity index (χ3n) is 2.10. The van der Waals surface area contributed by atoms with Crippen LogP contribution in [0.5, 0.6) is 0 Å². The maximum absolute atomic E-state index is 11.1. The molecule has 0 aliphatic carbocycles. The van der Waals surface area contributed by atoms with Gasteiger partial charge in [-0.1, -0.05) is 6.08 Å². The first-order valence-corrected chi connectivity index (χ1v) is 4.54. The summed E-state index contributed by atoms with van der Waals surface area (Å²) in [5, 5.41) is 0. The summed E-state index contributed by atoms with van der Waals surface area (Å²) in [6.07, 6.45) is 1.78. The lowest BCUT2D eigenvalue weighted by Crippen LogP contribution is -2.15. The number of Topliss-reactive ketones (excluding diaryl/α,β-unsaturated/α-hetero) is 1. The van der Waals surface area contributed by atoms with Crippen molar-refractivity contribution in [2.45, 2.75) is 19.4 Å². The van der Waals surface area contributed by atoms with Gasteiger partial charge < -0.3 is 9.47 Å². The zero-order valence-corrected chi connectivity index (χ0v) is 8.19. The van der Waals surface area contributed by atoms with Gasteiger partial charge in [0, 0.05) is 6.42 Å². The Morgan fingerprint density at radius 3 is 3.00 bits per heavy atom. The molecule has 0 aromatic rings. The van der Waals surface area contributed by atoms with Gasteiger partial charge in [0.1, 0.15) is 17.8 Å². The minimum absolute atomic E-state index is 0.138. The molecule has 1 fully saturated rings. The van der Waals surface area contributed by atoms with Gasteiger partial charge >= 0.3 is 5.97 Å². The van der Waals surface area contributed by atoms with E-state index in [1.807, 2.05) is 0 Å². The molecule has 0 aromatic carbocycles. The van der Waals surface area contributed by atoms with Crippen molar-refractivity contribution in [3.8, 4) is 0 Å². The Labute approximate surface area is 82.9 Å². The molecule has 1 rings (SSSR count). The molecule has 0 saturated carbocycles. The van der Waals surface area contributed by atoms with Crippen LogP contribution in [0.15, 0.2) is 12.7 Å². The van der Waals surface area contributed by atoms with Crippen molar-refractivity contribution in [3.05, 3.63) is 12.7 Å². The molecule has 4 nitrogen and oxygen atoms in total. The molecule has 1 aliphatic heterocycles. The lowest BCUT2D eigenvalue weighted by atomic mass is 10.0. The monoisotopic (exact) mass is 198 g/mol. The topological polar surface area (TPSA) is 52.6 Å². The number of hydrogen-bond donors (Lipinski definition) is 0. The number of ketones is 1. The van der Waals surface area contributed by atoms with Crippen molar-refractivity contribution in [1.82, 2.24) is 0 Å². The molecule has 0 N–H and O–H groups in total. The zero-order valence-electron chi connectivity index (χ0n) is 8.19. The average molecular weight is 198 g/mol. The average Bonchev–Trinajstić information content (AvgIpc) is 2.47. The highest BCUT2D eigenvalue weighted by molar-refractivity contribution is 5.98. The fraction of sp³-hybridized carbons (Fsp3) is 0.600. The summed E-state index contributed by atoms with van der Waals surface area (Å²) in [7, 11) is 0. The van der Waals surface area contributed by atoms with Crippen LogP contribution in [0.25, 0.3) is 0 Å². The van der Waals surface area contributed by atoms with Gasteiger partial charge in [-0.25, -0.2) is 0 Å². The largest absolute Gasteiger partial charge is 0.459 e. The lowest BCUT2D eigenvalue weighted by Gasteiger charge is -2.07. The molecule has 1 saturated heterocycles. The van der Waals surface area contributed by atoms with Gasteiger partial charge in [-0.05, 0) is 6.92 Å². The van der Waals surface area contributed by atoms with Crippen LogP contribution in [-0.2, 0) is 19.1 Å². The Kier molecular flexibility index (Phi) is 3.83. The Balaban J connectivity index is 2.35. The Bertz CT molecular complexity index is 247. The molecule has 0 amide bonds. The van der Waals surface area contributed by atoms with Crippen LogP contribution in [0.1, 0.15) is 13.3 Å². The van der Waals surface area contributed by atoms with Crippen LogP contribution in [0, 0.1) is 5.92 Å². The maximum atomic E-state index is 11.1. The summed E-state index contributed by atoms with van der Waals surface area (Å²) in [5.74, 6) is -1.15. The van der Waals surface area contributed by atoms with Crippen LogP contribution in [0.3, 0.4) is 0 Å². The van der Waals surface area contributed by atoms with Crippen molar-refractivity contribution in [1.29, 1.82) is 0 Å². The SMILES string of the molecule is C=CCOC[C@@H]1C[C@@H](C(C)=O)C(=O)O1. The Morgan fingerprint density at radius 1 is 1.79 bits per heavy atom. The first kappa shape index (κ1) is 10.9. The van der Waals surface area contributed by atoms with E-state index in [0.717, 1.165) is 0 Å². The first-order valence-electron chi connectivity index (χ1n) is 4.54. The van der Waals surface area contributed by atoms with Crippen molar-refractivity contribution in [2.24, 2.45) is 5.92 Å². The minimum atomic E-state index is -0.590. The summed E-state index contributed by atoms with van der Waals surface area (Å²) >= 11 is 0. The standard InChI is InChI=1S/C10H14O4/c1-3-4-13-6-8-5-9(7(2)11)10(12)14-8/h3,8-9H,1,4-6H2,2H3/t8-,9-/m0/s1. The Morgan fingerprint density at radius 2 is 2.50 bits per heavy atom. The van der Waals surface area contributed by atoms with E-state index in [9.17, 15) is 9.59 Å². The van der Waals surface area contributed by atoms with Crippen LogP contribution in [0.2, 0.25) is 0 Å². The molecule has 14 heavy (non-hydrogen) atoms. The highest BCUT2D eigenvalue weighted by atomic mass is 16.6. The number of cyclic esters (lactones) is 1. The summed E-state index contributed by atoms with van der Waals surface area (Å²) in [6.45, 7) is 5.66. The second-order valence-corrected chi connectivity index (χ2v) is 3.28. The van der Waals surface area contributed by atoms with Crippen molar-refractivity contribution in [2.75, 3.05) is 13.2 Å². The van der Waals surface area contributed by atoms with Crippen LogP contribution >= 0.6 is 0 Å². The van der Waals surface area contributed by atoms with Gasteiger partial charge in [0.2, 0.25) is 0 Å². The van der Waals surface area contributed by atoms with E-state index >= 15 is 0 Å². The van der Waals surface area contributed by atoms with E-state index in [1.54, 1.807) is 6.08 Å². The predicted octanol–water partition coefficient (Wildman–Crippen LogP) is 0.710. The van der Waals surface area contributed by atoms with Crippen LogP contribution < -0.4 is 0 Å². The molecule has 0 radical (unpaired) electrons. The second kappa shape index (κ2) is 4.91. The second-order valence-electron chi connectivity index (χ2n) is 3.28. The lowest BCUT2D eigenvalue weighted by molar-refractivity contribution is -0.147. The zero-order chi connectivity index (χ0) is 10.6. The van der Waals surface area contributed by atoms with E-state index in [2.05, 4.69) is 6.58 Å². The molecular formula is C10H14O4. The van der Waals surface area contributed by atoms with E-state index in [1.165, 1.54) is 6.92 Å². The smallest absolute Gasteiger partial charge is 0.316 e. The van der Waals surface area contributed by atoms with Crippen LogP contribution in [-0.4, -0.2) is 31.1 Å². The summed E-state index contributed by atoms with van der Waals surface area (Å²) < 4.78 is 10.1. The minimum Gasteiger partial charge on any atom is -0.459 e. The van der Waals surface area contributed by atoms with Gasteiger partial charge in [0.25, 0.3) is 0 Å². The number of carbonyl (C=O) groups is 2. The van der Waals surface area contributed by atoms with Gasteiger partial charge in [0.05, 0.1) is 13.2 Å².